The van der Waals surface area contributed by atoms with E-state index in [1.807, 2.05) is 24.3 Å². The molecule has 0 fully saturated rings. The number of amides is 1. The molecule has 6 nitrogen and oxygen atoms in total. The van der Waals surface area contributed by atoms with Crippen molar-refractivity contribution in [2.75, 3.05) is 19.8 Å². The third kappa shape index (κ3) is 4.89. The van der Waals surface area contributed by atoms with Crippen molar-refractivity contribution in [3.8, 4) is 34.5 Å². The van der Waals surface area contributed by atoms with Crippen LogP contribution < -0.4 is 10.1 Å². The third-order valence-corrected chi connectivity index (χ3v) is 5.62. The van der Waals surface area contributed by atoms with Crippen LogP contribution in [0.15, 0.2) is 60.7 Å². The summed E-state index contributed by atoms with van der Waals surface area (Å²) in [5, 5.41) is 13.0. The average Bonchev–Trinajstić information content (AvgIpc) is 3.18. The first-order chi connectivity index (χ1) is 16.6. The van der Waals surface area contributed by atoms with Crippen molar-refractivity contribution in [1.29, 1.82) is 0 Å². The molecule has 34 heavy (non-hydrogen) atoms. The predicted octanol–water partition coefficient (Wildman–Crippen LogP) is 4.88. The lowest BCUT2D eigenvalue weighted by molar-refractivity contribution is 0.112. The quantitative estimate of drug-likeness (QED) is 0.301. The molecular weight excluding hydrogens is 430 g/mol. The van der Waals surface area contributed by atoms with Gasteiger partial charge in [0.15, 0.2) is 11.5 Å². The number of carbonyl (C=O) groups is 2. The van der Waals surface area contributed by atoms with Crippen molar-refractivity contribution in [2.45, 2.75) is 19.3 Å². The third-order valence-electron chi connectivity index (χ3n) is 5.62. The number of fused-ring (bicyclic) bond motifs is 3. The van der Waals surface area contributed by atoms with Crippen LogP contribution in [-0.4, -0.2) is 37.2 Å². The summed E-state index contributed by atoms with van der Waals surface area (Å²) >= 11 is 0. The Morgan fingerprint density at radius 2 is 1.76 bits per heavy atom. The first kappa shape index (κ1) is 22.9. The monoisotopic (exact) mass is 455 g/mol. The van der Waals surface area contributed by atoms with E-state index in [9.17, 15) is 14.7 Å². The van der Waals surface area contributed by atoms with Crippen LogP contribution in [0.2, 0.25) is 0 Å². The summed E-state index contributed by atoms with van der Waals surface area (Å²) in [6, 6.07) is 19.3. The molecule has 0 heterocycles. The first-order valence-corrected chi connectivity index (χ1v) is 11.1. The second-order valence-electron chi connectivity index (χ2n) is 7.77. The first-order valence-electron chi connectivity index (χ1n) is 11.1. The Bertz CT molecular complexity index is 1230. The van der Waals surface area contributed by atoms with E-state index in [2.05, 4.69) is 41.4 Å². The van der Waals surface area contributed by atoms with Crippen molar-refractivity contribution in [1.82, 2.24) is 5.32 Å². The summed E-state index contributed by atoms with van der Waals surface area (Å²) in [6.07, 6.45) is 0.512. The number of hydrogen-bond donors (Lipinski definition) is 2. The number of alkyl carbamates (subject to hydrolysis) is 1. The van der Waals surface area contributed by atoms with E-state index in [0.717, 1.165) is 11.1 Å². The molecule has 172 valence electrons. The number of aldehydes is 1. The van der Waals surface area contributed by atoms with E-state index in [-0.39, 0.29) is 30.6 Å². The number of phenols is 1. The summed E-state index contributed by atoms with van der Waals surface area (Å²) in [4.78, 5) is 23.4. The topological polar surface area (TPSA) is 84.9 Å². The molecule has 1 amide bonds. The molecule has 0 saturated carbocycles. The second kappa shape index (κ2) is 10.6. The van der Waals surface area contributed by atoms with Gasteiger partial charge in [-0.1, -0.05) is 60.4 Å². The lowest BCUT2D eigenvalue weighted by Crippen LogP contribution is -2.26. The molecule has 0 saturated heterocycles. The van der Waals surface area contributed by atoms with Crippen LogP contribution in [0.25, 0.3) is 11.1 Å². The van der Waals surface area contributed by atoms with Crippen LogP contribution in [0, 0.1) is 11.8 Å². The highest BCUT2D eigenvalue weighted by Gasteiger charge is 2.28. The zero-order valence-electron chi connectivity index (χ0n) is 18.8. The molecule has 6 heteroatoms. The van der Waals surface area contributed by atoms with Gasteiger partial charge in [0.2, 0.25) is 0 Å². The van der Waals surface area contributed by atoms with Gasteiger partial charge in [-0.3, -0.25) is 4.79 Å². The minimum Gasteiger partial charge on any atom is -0.503 e. The predicted molar refractivity (Wildman–Crippen MR) is 129 cm³/mol. The number of hydrogen-bond acceptors (Lipinski definition) is 5. The summed E-state index contributed by atoms with van der Waals surface area (Å²) in [6.45, 7) is 2.67. The number of nitrogens with one attached hydrogen (secondary N) is 1. The Morgan fingerprint density at radius 3 is 2.41 bits per heavy atom. The van der Waals surface area contributed by atoms with Crippen LogP contribution >= 0.6 is 0 Å². The summed E-state index contributed by atoms with van der Waals surface area (Å²) in [5.41, 5.74) is 5.34. The number of ether oxygens (including phenoxy) is 2. The van der Waals surface area contributed by atoms with Gasteiger partial charge in [-0.15, -0.1) is 0 Å². The molecule has 4 rings (SSSR count). The van der Waals surface area contributed by atoms with Gasteiger partial charge in [-0.25, -0.2) is 4.79 Å². The summed E-state index contributed by atoms with van der Waals surface area (Å²) in [5.74, 6) is 5.83. The Hall–Kier alpha value is -4.24. The number of aromatic hydroxyl groups is 1. The summed E-state index contributed by atoms with van der Waals surface area (Å²) < 4.78 is 10.8. The Morgan fingerprint density at radius 1 is 1.09 bits per heavy atom. The van der Waals surface area contributed by atoms with Gasteiger partial charge in [0, 0.05) is 24.4 Å². The largest absolute Gasteiger partial charge is 0.503 e. The Balaban J connectivity index is 1.31. The second-order valence-corrected chi connectivity index (χ2v) is 7.77. The molecule has 0 aliphatic heterocycles. The highest BCUT2D eigenvalue weighted by atomic mass is 16.5. The van der Waals surface area contributed by atoms with Gasteiger partial charge < -0.3 is 19.9 Å². The Kier molecular flexibility index (Phi) is 7.14. The number of rotatable bonds is 7. The van der Waals surface area contributed by atoms with Crippen LogP contribution in [-0.2, 0) is 4.74 Å². The van der Waals surface area contributed by atoms with Gasteiger partial charge in [0.1, 0.15) is 12.9 Å². The zero-order valence-corrected chi connectivity index (χ0v) is 18.8. The molecule has 1 aliphatic rings. The molecule has 0 atom stereocenters. The maximum Gasteiger partial charge on any atom is 0.407 e. The maximum atomic E-state index is 12.2. The lowest BCUT2D eigenvalue weighted by Gasteiger charge is -2.14. The van der Waals surface area contributed by atoms with Crippen LogP contribution in [0.1, 0.15) is 46.3 Å². The molecule has 0 aromatic heterocycles. The van der Waals surface area contributed by atoms with Crippen LogP contribution in [0.5, 0.6) is 11.5 Å². The van der Waals surface area contributed by atoms with Gasteiger partial charge >= 0.3 is 6.09 Å². The van der Waals surface area contributed by atoms with Gasteiger partial charge in [0.25, 0.3) is 0 Å². The van der Waals surface area contributed by atoms with E-state index in [4.69, 9.17) is 9.47 Å². The molecule has 3 aromatic carbocycles. The molecule has 0 radical (unpaired) electrons. The Labute approximate surface area is 198 Å². The molecule has 2 N–H and O–H groups in total. The molecule has 3 aromatic rings. The van der Waals surface area contributed by atoms with E-state index < -0.39 is 6.09 Å². The standard InChI is InChI=1S/C28H25NO5/c1-2-33-26-16-19(17-30)15-20(27(26)31)9-7-8-14-29-28(32)34-18-25-23-12-5-3-10-21(23)22-11-4-6-13-24(22)25/h3-6,10-13,15-17,25,31H,2,8,14,18H2,1H3,(H,29,32). The maximum absolute atomic E-state index is 12.2. The van der Waals surface area contributed by atoms with E-state index in [1.165, 1.54) is 23.3 Å². The van der Waals surface area contributed by atoms with Gasteiger partial charge in [-0.2, -0.15) is 0 Å². The summed E-state index contributed by atoms with van der Waals surface area (Å²) in [7, 11) is 0. The van der Waals surface area contributed by atoms with Crippen molar-refractivity contribution in [2.24, 2.45) is 0 Å². The molecule has 0 unspecified atom stereocenters. The molecule has 0 spiro atoms. The molecule has 0 bridgehead atoms. The number of phenolic OH excluding ortho intramolecular Hbond substituents is 1. The van der Waals surface area contributed by atoms with Crippen molar-refractivity contribution >= 4 is 12.4 Å². The fourth-order valence-electron chi connectivity index (χ4n) is 4.09. The van der Waals surface area contributed by atoms with Gasteiger partial charge in [0.05, 0.1) is 12.2 Å². The number of carbonyl (C=O) groups excluding carboxylic acids is 2. The SMILES string of the molecule is CCOc1cc(C=O)cc(C#CCCNC(=O)OCC2c3ccccc3-c3ccccc32)c1O. The van der Waals surface area contributed by atoms with Crippen molar-refractivity contribution < 1.29 is 24.2 Å². The minimum absolute atomic E-state index is 0.00514. The highest BCUT2D eigenvalue weighted by Crippen LogP contribution is 2.44. The van der Waals surface area contributed by atoms with Crippen LogP contribution in [0.3, 0.4) is 0 Å². The molecule has 1 aliphatic carbocycles. The normalized spacial score (nSPS) is 11.6. The van der Waals surface area contributed by atoms with E-state index >= 15 is 0 Å². The van der Waals surface area contributed by atoms with Gasteiger partial charge in [-0.05, 0) is 41.3 Å². The van der Waals surface area contributed by atoms with Crippen LogP contribution in [0.4, 0.5) is 4.79 Å². The fourth-order valence-corrected chi connectivity index (χ4v) is 4.09. The molecular formula is C28H25NO5. The highest BCUT2D eigenvalue weighted by molar-refractivity contribution is 5.79. The minimum atomic E-state index is -0.506. The number of benzene rings is 3. The fraction of sp³-hybridized carbons (Fsp3) is 0.214. The van der Waals surface area contributed by atoms with E-state index in [0.29, 0.717) is 30.4 Å². The van der Waals surface area contributed by atoms with Crippen molar-refractivity contribution in [3.63, 3.8) is 0 Å². The smallest absolute Gasteiger partial charge is 0.407 e. The lowest BCUT2D eigenvalue weighted by atomic mass is 9.98. The average molecular weight is 456 g/mol. The zero-order chi connectivity index (χ0) is 23.9. The van der Waals surface area contributed by atoms with Crippen molar-refractivity contribution in [3.05, 3.63) is 82.9 Å². The van der Waals surface area contributed by atoms with E-state index in [1.54, 1.807) is 6.92 Å².